The van der Waals surface area contributed by atoms with E-state index in [1.165, 1.54) is 0 Å². The van der Waals surface area contributed by atoms with Crippen molar-refractivity contribution in [3.8, 4) is 0 Å². The predicted octanol–water partition coefficient (Wildman–Crippen LogP) is 4.49. The Morgan fingerprint density at radius 3 is 2.66 bits per heavy atom. The summed E-state index contributed by atoms with van der Waals surface area (Å²) in [6, 6.07) is 9.48. The Hall–Kier alpha value is -2.63. The Kier molecular flexibility index (Phi) is 6.40. The Morgan fingerprint density at radius 1 is 1.17 bits per heavy atom. The van der Waals surface area contributed by atoms with Gasteiger partial charge in [-0.05, 0) is 39.3 Å². The minimum Gasteiger partial charge on any atom is -0.444 e. The number of carbonyl (C=O) groups is 2. The number of ether oxygens (including phenoxy) is 1. The first-order chi connectivity index (χ1) is 13.8. The fraction of sp³-hybridized carbons (Fsp3) is 0.522. The van der Waals surface area contributed by atoms with Crippen LogP contribution in [0.4, 0.5) is 4.79 Å². The lowest BCUT2D eigenvalue weighted by Gasteiger charge is -2.42. The van der Waals surface area contributed by atoms with Crippen LogP contribution < -0.4 is 0 Å². The van der Waals surface area contributed by atoms with E-state index in [1.54, 1.807) is 11.1 Å². The van der Waals surface area contributed by atoms with Crippen molar-refractivity contribution in [2.24, 2.45) is 0 Å². The van der Waals surface area contributed by atoms with Crippen LogP contribution in [-0.2, 0) is 4.74 Å². The van der Waals surface area contributed by atoms with Crippen LogP contribution in [0.1, 0.15) is 57.3 Å². The van der Waals surface area contributed by atoms with Crippen LogP contribution in [0.2, 0.25) is 0 Å². The van der Waals surface area contributed by atoms with E-state index in [0.717, 1.165) is 30.2 Å². The van der Waals surface area contributed by atoms with Crippen molar-refractivity contribution in [1.29, 1.82) is 0 Å². The molecule has 0 saturated carbocycles. The first-order valence-electron chi connectivity index (χ1n) is 10.4. The second-order valence-electron chi connectivity index (χ2n) is 8.60. The Labute approximate surface area is 172 Å². The number of amides is 2. The lowest BCUT2D eigenvalue weighted by atomic mass is 10.0. The van der Waals surface area contributed by atoms with Crippen molar-refractivity contribution in [2.45, 2.75) is 58.6 Å². The highest BCUT2D eigenvalue weighted by atomic mass is 16.6. The van der Waals surface area contributed by atoms with Gasteiger partial charge in [-0.15, -0.1) is 0 Å². The van der Waals surface area contributed by atoms with E-state index in [-0.39, 0.29) is 18.0 Å². The highest BCUT2D eigenvalue weighted by Crippen LogP contribution is 2.23. The zero-order chi connectivity index (χ0) is 21.0. The second-order valence-corrected chi connectivity index (χ2v) is 8.60. The molecule has 0 unspecified atom stereocenters. The highest BCUT2D eigenvalue weighted by molar-refractivity contribution is 6.05. The molecular formula is C23H31N3O3. The second kappa shape index (κ2) is 8.80. The first kappa shape index (κ1) is 21.1. The molecular weight excluding hydrogens is 366 g/mol. The molecule has 1 saturated heterocycles. The maximum absolute atomic E-state index is 13.3. The van der Waals surface area contributed by atoms with Crippen molar-refractivity contribution in [3.05, 3.63) is 42.1 Å². The van der Waals surface area contributed by atoms with Gasteiger partial charge in [-0.1, -0.05) is 38.0 Å². The third kappa shape index (κ3) is 5.05. The van der Waals surface area contributed by atoms with Gasteiger partial charge in [-0.2, -0.15) is 0 Å². The fourth-order valence-corrected chi connectivity index (χ4v) is 3.73. The van der Waals surface area contributed by atoms with E-state index < -0.39 is 5.60 Å². The van der Waals surface area contributed by atoms with Gasteiger partial charge in [-0.3, -0.25) is 9.78 Å². The summed E-state index contributed by atoms with van der Waals surface area (Å²) in [7, 11) is 0. The minimum absolute atomic E-state index is 0.0281. The number of nitrogens with zero attached hydrogens (tertiary/aromatic N) is 3. The molecule has 0 aliphatic carbocycles. The van der Waals surface area contributed by atoms with Gasteiger partial charge in [0, 0.05) is 31.2 Å². The summed E-state index contributed by atoms with van der Waals surface area (Å²) in [5, 5.41) is 0.952. The smallest absolute Gasteiger partial charge is 0.410 e. The summed E-state index contributed by atoms with van der Waals surface area (Å²) >= 11 is 0. The van der Waals surface area contributed by atoms with Crippen LogP contribution in [0.5, 0.6) is 0 Å². The molecule has 1 aromatic carbocycles. The molecule has 0 radical (unpaired) electrons. The number of para-hydroxylation sites is 1. The van der Waals surface area contributed by atoms with E-state index in [4.69, 9.17) is 4.74 Å². The molecule has 29 heavy (non-hydrogen) atoms. The summed E-state index contributed by atoms with van der Waals surface area (Å²) in [6.45, 7) is 9.24. The number of rotatable bonds is 4. The number of carbonyl (C=O) groups excluding carboxylic acids is 2. The van der Waals surface area contributed by atoms with Crippen molar-refractivity contribution < 1.29 is 14.3 Å². The molecule has 156 valence electrons. The molecule has 1 aromatic heterocycles. The quantitative estimate of drug-likeness (QED) is 0.763. The zero-order valence-electron chi connectivity index (χ0n) is 17.9. The van der Waals surface area contributed by atoms with Gasteiger partial charge < -0.3 is 14.5 Å². The summed E-state index contributed by atoms with van der Waals surface area (Å²) in [5.41, 5.74) is 0.802. The standard InChI is InChI=1S/C23H31N3O3/c1-5-6-11-18-16-25(14-15-26(18)22(28)29-23(2,3)4)21(27)19-12-7-9-17-10-8-13-24-20(17)19/h7-10,12-13,18H,5-6,11,14-16H2,1-4H3/t18-/m0/s1. The SMILES string of the molecule is CCCC[C@H]1CN(C(=O)c2cccc3cccnc23)CCN1C(=O)OC(C)(C)C. The monoisotopic (exact) mass is 397 g/mol. The fourth-order valence-electron chi connectivity index (χ4n) is 3.73. The maximum atomic E-state index is 13.3. The molecule has 3 rings (SSSR count). The van der Waals surface area contributed by atoms with Gasteiger partial charge >= 0.3 is 6.09 Å². The van der Waals surface area contributed by atoms with Gasteiger partial charge in [0.25, 0.3) is 5.91 Å². The van der Waals surface area contributed by atoms with Gasteiger partial charge in [0.2, 0.25) is 0 Å². The molecule has 2 heterocycles. The average Bonchev–Trinajstić information content (AvgIpc) is 2.69. The molecule has 1 aliphatic rings. The molecule has 0 spiro atoms. The normalized spacial score (nSPS) is 17.4. The van der Waals surface area contributed by atoms with Crippen LogP contribution in [0.3, 0.4) is 0 Å². The number of hydrogen-bond acceptors (Lipinski definition) is 4. The van der Waals surface area contributed by atoms with Gasteiger partial charge in [0.05, 0.1) is 17.1 Å². The predicted molar refractivity (Wildman–Crippen MR) is 114 cm³/mol. The minimum atomic E-state index is -0.534. The number of pyridine rings is 1. The van der Waals surface area contributed by atoms with E-state index in [2.05, 4.69) is 11.9 Å². The maximum Gasteiger partial charge on any atom is 0.410 e. The van der Waals surface area contributed by atoms with Crippen molar-refractivity contribution >= 4 is 22.9 Å². The van der Waals surface area contributed by atoms with E-state index in [9.17, 15) is 9.59 Å². The molecule has 0 bridgehead atoms. The molecule has 6 heteroatoms. The average molecular weight is 398 g/mol. The van der Waals surface area contributed by atoms with Gasteiger partial charge in [-0.25, -0.2) is 4.79 Å². The van der Waals surface area contributed by atoms with E-state index in [1.807, 2.05) is 56.0 Å². The molecule has 0 N–H and O–H groups in total. The molecule has 1 aliphatic heterocycles. The zero-order valence-corrected chi connectivity index (χ0v) is 17.9. The number of aromatic nitrogens is 1. The molecule has 1 fully saturated rings. The van der Waals surface area contributed by atoms with Gasteiger partial charge in [0.15, 0.2) is 0 Å². The Balaban J connectivity index is 1.79. The third-order valence-electron chi connectivity index (χ3n) is 5.15. The third-order valence-corrected chi connectivity index (χ3v) is 5.15. The topological polar surface area (TPSA) is 62.7 Å². The lowest BCUT2D eigenvalue weighted by molar-refractivity contribution is -0.00215. The Morgan fingerprint density at radius 2 is 1.93 bits per heavy atom. The highest BCUT2D eigenvalue weighted by Gasteiger charge is 2.35. The summed E-state index contributed by atoms with van der Waals surface area (Å²) in [6.07, 6.45) is 4.32. The van der Waals surface area contributed by atoms with E-state index in [0.29, 0.717) is 25.2 Å². The van der Waals surface area contributed by atoms with Crippen LogP contribution >= 0.6 is 0 Å². The van der Waals surface area contributed by atoms with Crippen molar-refractivity contribution in [2.75, 3.05) is 19.6 Å². The molecule has 2 aromatic rings. The number of hydrogen-bond donors (Lipinski definition) is 0. The molecule has 2 amide bonds. The number of benzene rings is 1. The van der Waals surface area contributed by atoms with Gasteiger partial charge in [0.1, 0.15) is 5.60 Å². The van der Waals surface area contributed by atoms with Crippen molar-refractivity contribution in [1.82, 2.24) is 14.8 Å². The van der Waals surface area contributed by atoms with Crippen LogP contribution in [0, 0.1) is 0 Å². The van der Waals surface area contributed by atoms with Crippen LogP contribution in [0.25, 0.3) is 10.9 Å². The summed E-state index contributed by atoms with van der Waals surface area (Å²) in [4.78, 5) is 34.1. The van der Waals surface area contributed by atoms with Crippen LogP contribution in [-0.4, -0.2) is 58.1 Å². The van der Waals surface area contributed by atoms with Crippen molar-refractivity contribution in [3.63, 3.8) is 0 Å². The molecule has 1 atom stereocenters. The van der Waals surface area contributed by atoms with Crippen LogP contribution in [0.15, 0.2) is 36.5 Å². The lowest BCUT2D eigenvalue weighted by Crippen LogP contribution is -2.57. The number of fused-ring (bicyclic) bond motifs is 1. The molecule has 6 nitrogen and oxygen atoms in total. The summed E-state index contributed by atoms with van der Waals surface area (Å²) in [5.74, 6) is -0.0281. The first-order valence-corrected chi connectivity index (χ1v) is 10.4. The number of unbranched alkanes of at least 4 members (excludes halogenated alkanes) is 1. The summed E-state index contributed by atoms with van der Waals surface area (Å²) < 4.78 is 5.60. The van der Waals surface area contributed by atoms with E-state index >= 15 is 0 Å². The Bertz CT molecular complexity index is 870. The number of piperazine rings is 1. The largest absolute Gasteiger partial charge is 0.444 e.